The molecule has 2 aromatic carbocycles. The van der Waals surface area contributed by atoms with Crippen molar-refractivity contribution in [3.8, 4) is 17.6 Å². The number of amides is 2. The highest BCUT2D eigenvalue weighted by atomic mass is 35.5. The van der Waals surface area contributed by atoms with Crippen LogP contribution in [0.5, 0.6) is 11.5 Å². The first-order valence-corrected chi connectivity index (χ1v) is 9.24. The smallest absolute Gasteiger partial charge is 0.251 e. The van der Waals surface area contributed by atoms with Gasteiger partial charge in [-0.15, -0.1) is 0 Å². The molecule has 0 heterocycles. The Balaban J connectivity index is 2.04. The van der Waals surface area contributed by atoms with E-state index in [2.05, 4.69) is 10.6 Å². The van der Waals surface area contributed by atoms with Crippen molar-refractivity contribution in [2.45, 2.75) is 39.3 Å². The predicted molar refractivity (Wildman–Crippen MR) is 108 cm³/mol. The lowest BCUT2D eigenvalue weighted by Gasteiger charge is -2.16. The molecule has 0 aliphatic carbocycles. The summed E-state index contributed by atoms with van der Waals surface area (Å²) >= 11 is 6.25. The molecule has 2 amide bonds. The fourth-order valence-corrected chi connectivity index (χ4v) is 2.73. The van der Waals surface area contributed by atoms with Crippen LogP contribution in [0.15, 0.2) is 42.5 Å². The van der Waals surface area contributed by atoms with Crippen LogP contribution in [0.2, 0.25) is 5.02 Å². The molecule has 0 spiro atoms. The molecule has 28 heavy (non-hydrogen) atoms. The number of nitrogens with zero attached hydrogens (tertiary/aromatic N) is 1. The zero-order valence-corrected chi connectivity index (χ0v) is 16.7. The molecule has 2 rings (SSSR count). The van der Waals surface area contributed by atoms with Gasteiger partial charge in [0.2, 0.25) is 5.91 Å². The lowest BCUT2D eigenvalue weighted by atomic mass is 10.1. The fourth-order valence-electron chi connectivity index (χ4n) is 2.51. The first-order chi connectivity index (χ1) is 13.3. The number of rotatable bonds is 7. The number of halogens is 1. The van der Waals surface area contributed by atoms with Crippen LogP contribution in [0.25, 0.3) is 0 Å². The molecule has 0 bridgehead atoms. The van der Waals surface area contributed by atoms with Crippen LogP contribution in [0, 0.1) is 11.3 Å². The zero-order chi connectivity index (χ0) is 20.7. The van der Waals surface area contributed by atoms with Crippen LogP contribution >= 0.6 is 11.6 Å². The van der Waals surface area contributed by atoms with Crippen LogP contribution in [-0.2, 0) is 4.79 Å². The molecule has 1 atom stereocenters. The van der Waals surface area contributed by atoms with Gasteiger partial charge in [-0.25, -0.2) is 0 Å². The Bertz CT molecular complexity index is 906. The van der Waals surface area contributed by atoms with Crippen molar-refractivity contribution in [2.75, 3.05) is 0 Å². The molecule has 7 heteroatoms. The lowest BCUT2D eigenvalue weighted by molar-refractivity contribution is -0.121. The normalized spacial score (nSPS) is 11.4. The van der Waals surface area contributed by atoms with E-state index in [9.17, 15) is 9.59 Å². The number of carbonyl (C=O) groups excluding carboxylic acids is 2. The molecule has 0 radical (unpaired) electrons. The van der Waals surface area contributed by atoms with E-state index in [0.717, 1.165) is 0 Å². The highest BCUT2D eigenvalue weighted by Crippen LogP contribution is 2.31. The Labute approximate surface area is 169 Å². The second-order valence-electron chi connectivity index (χ2n) is 6.66. The Kier molecular flexibility index (Phi) is 7.42. The summed E-state index contributed by atoms with van der Waals surface area (Å²) in [5, 5.41) is 14.9. The van der Waals surface area contributed by atoms with Gasteiger partial charge in [-0.05, 0) is 51.1 Å². The first-order valence-electron chi connectivity index (χ1n) is 8.87. The van der Waals surface area contributed by atoms with Gasteiger partial charge in [0.15, 0.2) is 0 Å². The Morgan fingerprint density at radius 2 is 1.82 bits per heavy atom. The average molecular weight is 400 g/mol. The number of hydrogen-bond donors (Lipinski definition) is 2. The number of carbonyl (C=O) groups is 2. The zero-order valence-electron chi connectivity index (χ0n) is 16.0. The van der Waals surface area contributed by atoms with Crippen LogP contribution in [0.3, 0.4) is 0 Å². The molecule has 0 saturated heterocycles. The van der Waals surface area contributed by atoms with E-state index in [4.69, 9.17) is 21.6 Å². The van der Waals surface area contributed by atoms with E-state index in [-0.39, 0.29) is 35.3 Å². The molecule has 0 saturated carbocycles. The average Bonchev–Trinajstić information content (AvgIpc) is 2.62. The monoisotopic (exact) mass is 399 g/mol. The first kappa shape index (κ1) is 21.3. The van der Waals surface area contributed by atoms with Crippen molar-refractivity contribution in [1.82, 2.24) is 10.6 Å². The van der Waals surface area contributed by atoms with Gasteiger partial charge in [0, 0.05) is 24.1 Å². The van der Waals surface area contributed by atoms with Crippen molar-refractivity contribution in [2.24, 2.45) is 0 Å². The third-order valence-electron chi connectivity index (χ3n) is 3.74. The third-order valence-corrected chi connectivity index (χ3v) is 4.04. The molecular formula is C21H22ClN3O3. The summed E-state index contributed by atoms with van der Waals surface area (Å²) in [4.78, 5) is 24.2. The topological polar surface area (TPSA) is 91.2 Å². The predicted octanol–water partition coefficient (Wildman–Crippen LogP) is 4.04. The molecule has 0 fully saturated rings. The molecule has 146 valence electrons. The minimum Gasteiger partial charge on any atom is -0.454 e. The van der Waals surface area contributed by atoms with Gasteiger partial charge in [0.05, 0.1) is 10.6 Å². The summed E-state index contributed by atoms with van der Waals surface area (Å²) in [5.41, 5.74) is 0.732. The number of nitrogens with one attached hydrogen (secondary N) is 2. The van der Waals surface area contributed by atoms with Crippen molar-refractivity contribution in [3.05, 3.63) is 58.6 Å². The van der Waals surface area contributed by atoms with E-state index in [1.807, 2.05) is 19.9 Å². The largest absolute Gasteiger partial charge is 0.454 e. The summed E-state index contributed by atoms with van der Waals surface area (Å²) in [6.45, 7) is 5.51. The van der Waals surface area contributed by atoms with Gasteiger partial charge in [0.25, 0.3) is 5.91 Å². The Morgan fingerprint density at radius 1 is 1.11 bits per heavy atom. The maximum atomic E-state index is 12.4. The minimum absolute atomic E-state index is 0.0490. The standard InChI is InChI=1S/C21H22ClN3O3/c1-13(2)24-20(26)10-14(3)25-21(27)15-8-9-19(17(22)11-15)28-18-7-5-4-6-16(18)12-23/h4-9,11,13-14H,10H2,1-3H3,(H,24,26)(H,25,27). The molecule has 6 nitrogen and oxygen atoms in total. The Morgan fingerprint density at radius 3 is 2.46 bits per heavy atom. The summed E-state index contributed by atoms with van der Waals surface area (Å²) in [6, 6.07) is 13.2. The van der Waals surface area contributed by atoms with Gasteiger partial charge in [-0.1, -0.05) is 23.7 Å². The van der Waals surface area contributed by atoms with Crippen LogP contribution in [0.4, 0.5) is 0 Å². The number of para-hydroxylation sites is 1. The molecule has 2 N–H and O–H groups in total. The van der Waals surface area contributed by atoms with Gasteiger partial charge in [-0.2, -0.15) is 5.26 Å². The van der Waals surface area contributed by atoms with Crippen molar-refractivity contribution < 1.29 is 14.3 Å². The van der Waals surface area contributed by atoms with E-state index >= 15 is 0 Å². The third kappa shape index (κ3) is 6.00. The van der Waals surface area contributed by atoms with E-state index in [1.54, 1.807) is 43.3 Å². The maximum absolute atomic E-state index is 12.4. The van der Waals surface area contributed by atoms with Gasteiger partial charge in [-0.3, -0.25) is 9.59 Å². The van der Waals surface area contributed by atoms with Gasteiger partial charge < -0.3 is 15.4 Å². The van der Waals surface area contributed by atoms with Crippen LogP contribution < -0.4 is 15.4 Å². The number of ether oxygens (including phenoxy) is 1. The van der Waals surface area contributed by atoms with E-state index in [1.165, 1.54) is 6.07 Å². The quantitative estimate of drug-likeness (QED) is 0.735. The second-order valence-corrected chi connectivity index (χ2v) is 7.06. The van der Waals surface area contributed by atoms with Crippen molar-refractivity contribution in [3.63, 3.8) is 0 Å². The van der Waals surface area contributed by atoms with E-state index < -0.39 is 0 Å². The molecule has 2 aromatic rings. The van der Waals surface area contributed by atoms with Crippen molar-refractivity contribution in [1.29, 1.82) is 5.26 Å². The van der Waals surface area contributed by atoms with Gasteiger partial charge >= 0.3 is 0 Å². The fraction of sp³-hybridized carbons (Fsp3) is 0.286. The minimum atomic E-state index is -0.337. The molecule has 0 aromatic heterocycles. The Hall–Kier alpha value is -3.04. The van der Waals surface area contributed by atoms with Crippen molar-refractivity contribution >= 4 is 23.4 Å². The van der Waals surface area contributed by atoms with Crippen LogP contribution in [-0.4, -0.2) is 23.9 Å². The highest BCUT2D eigenvalue weighted by Gasteiger charge is 2.16. The summed E-state index contributed by atoms with van der Waals surface area (Å²) in [5.74, 6) is 0.260. The number of hydrogen-bond acceptors (Lipinski definition) is 4. The summed E-state index contributed by atoms with van der Waals surface area (Å²) in [7, 11) is 0. The lowest BCUT2D eigenvalue weighted by Crippen LogP contribution is -2.39. The molecule has 0 aliphatic rings. The summed E-state index contributed by atoms with van der Waals surface area (Å²) in [6.07, 6.45) is 0.184. The van der Waals surface area contributed by atoms with Gasteiger partial charge in [0.1, 0.15) is 17.6 Å². The highest BCUT2D eigenvalue weighted by molar-refractivity contribution is 6.32. The number of nitriles is 1. The van der Waals surface area contributed by atoms with Crippen LogP contribution in [0.1, 0.15) is 43.1 Å². The number of benzene rings is 2. The second kappa shape index (κ2) is 9.77. The molecular weight excluding hydrogens is 378 g/mol. The molecule has 0 aliphatic heterocycles. The SMILES string of the molecule is CC(C)NC(=O)CC(C)NC(=O)c1ccc(Oc2ccccc2C#N)c(Cl)c1. The maximum Gasteiger partial charge on any atom is 0.251 e. The van der Waals surface area contributed by atoms with E-state index in [0.29, 0.717) is 22.6 Å². The molecule has 1 unspecified atom stereocenters. The summed E-state index contributed by atoms with van der Waals surface area (Å²) < 4.78 is 5.70.